The van der Waals surface area contributed by atoms with E-state index in [0.29, 0.717) is 6.42 Å². The predicted octanol–water partition coefficient (Wildman–Crippen LogP) is -1.36. The molecule has 0 aliphatic rings. The van der Waals surface area contributed by atoms with E-state index in [-0.39, 0.29) is 13.2 Å². The molecule has 5 N–H and O–H groups in total. The molecule has 0 spiro atoms. The second-order valence-corrected chi connectivity index (χ2v) is 2.62. The van der Waals surface area contributed by atoms with Crippen LogP contribution in [0.2, 0.25) is 0 Å². The lowest BCUT2D eigenvalue weighted by Gasteiger charge is -2.26. The first-order chi connectivity index (χ1) is 4.52. The summed E-state index contributed by atoms with van der Waals surface area (Å²) in [6.45, 7) is 1.13. The van der Waals surface area contributed by atoms with Crippen molar-refractivity contribution in [2.75, 3.05) is 13.2 Å². The van der Waals surface area contributed by atoms with Crippen molar-refractivity contribution in [3.05, 3.63) is 0 Å². The fourth-order valence-corrected chi connectivity index (χ4v) is 0.724. The van der Waals surface area contributed by atoms with E-state index in [0.717, 1.165) is 0 Å². The summed E-state index contributed by atoms with van der Waals surface area (Å²) in [6.07, 6.45) is 0.319. The molecule has 0 fully saturated rings. The lowest BCUT2D eigenvalue weighted by molar-refractivity contribution is -0.0284. The highest BCUT2D eigenvalue weighted by Crippen LogP contribution is 2.13. The molecule has 2 unspecified atom stereocenters. The maximum Gasteiger partial charge on any atom is 0.115 e. The van der Waals surface area contributed by atoms with E-state index >= 15 is 0 Å². The zero-order valence-corrected chi connectivity index (χ0v) is 6.12. The smallest absolute Gasteiger partial charge is 0.115 e. The molecule has 10 heavy (non-hydrogen) atoms. The van der Waals surface area contributed by atoms with Crippen molar-refractivity contribution < 1.29 is 15.3 Å². The predicted molar refractivity (Wildman–Crippen MR) is 37.1 cm³/mol. The molecular formula is C6H15NO3. The third-order valence-electron chi connectivity index (χ3n) is 1.52. The van der Waals surface area contributed by atoms with Crippen LogP contribution in [0.1, 0.15) is 13.3 Å². The molecule has 0 aromatic heterocycles. The normalized spacial score (nSPS) is 20.1. The van der Waals surface area contributed by atoms with Crippen molar-refractivity contribution in [1.82, 2.24) is 0 Å². The number of aliphatic hydroxyl groups excluding tert-OH is 2. The van der Waals surface area contributed by atoms with Crippen molar-refractivity contribution >= 4 is 0 Å². The molecule has 0 heterocycles. The molecule has 0 bridgehead atoms. The summed E-state index contributed by atoms with van der Waals surface area (Å²) in [5, 5.41) is 26.2. The van der Waals surface area contributed by atoms with Crippen LogP contribution >= 0.6 is 0 Å². The third kappa shape index (κ3) is 3.12. The van der Waals surface area contributed by atoms with Gasteiger partial charge in [-0.05, 0) is 13.3 Å². The summed E-state index contributed by atoms with van der Waals surface area (Å²) in [7, 11) is 0. The van der Waals surface area contributed by atoms with Crippen molar-refractivity contribution in [2.45, 2.75) is 19.1 Å². The minimum absolute atomic E-state index is 0.0709. The van der Waals surface area contributed by atoms with E-state index in [1.54, 1.807) is 0 Å². The highest BCUT2D eigenvalue weighted by Gasteiger charge is 2.25. The number of rotatable bonds is 4. The molecule has 4 heteroatoms. The van der Waals surface area contributed by atoms with Gasteiger partial charge in [-0.3, -0.25) is 0 Å². The largest absolute Gasteiger partial charge is 0.396 e. The van der Waals surface area contributed by atoms with Gasteiger partial charge >= 0.3 is 0 Å². The van der Waals surface area contributed by atoms with Gasteiger partial charge in [0.15, 0.2) is 0 Å². The number of aliphatic hydroxyl groups is 3. The van der Waals surface area contributed by atoms with E-state index in [2.05, 4.69) is 0 Å². The van der Waals surface area contributed by atoms with Gasteiger partial charge in [0.1, 0.15) is 5.72 Å². The van der Waals surface area contributed by atoms with Gasteiger partial charge in [-0.1, -0.05) is 0 Å². The monoisotopic (exact) mass is 149 g/mol. The topological polar surface area (TPSA) is 86.7 Å². The second kappa shape index (κ2) is 3.88. The Morgan fingerprint density at radius 2 is 2.00 bits per heavy atom. The van der Waals surface area contributed by atoms with Gasteiger partial charge in [0.2, 0.25) is 0 Å². The summed E-state index contributed by atoms with van der Waals surface area (Å²) < 4.78 is 0. The molecular weight excluding hydrogens is 134 g/mol. The molecule has 0 radical (unpaired) electrons. The van der Waals surface area contributed by atoms with E-state index in [4.69, 9.17) is 21.1 Å². The molecule has 62 valence electrons. The Hall–Kier alpha value is -0.160. The third-order valence-corrected chi connectivity index (χ3v) is 1.52. The fraction of sp³-hybridized carbons (Fsp3) is 1.00. The molecule has 0 aliphatic heterocycles. The SMILES string of the molecule is CC(N)(O)C(CO)CCO. The van der Waals surface area contributed by atoms with Crippen LogP contribution in [-0.2, 0) is 0 Å². The van der Waals surface area contributed by atoms with Crippen molar-refractivity contribution in [2.24, 2.45) is 11.7 Å². The Balaban J connectivity index is 3.81. The maximum atomic E-state index is 9.12. The Kier molecular flexibility index (Phi) is 3.81. The zero-order chi connectivity index (χ0) is 8.20. The first-order valence-electron chi connectivity index (χ1n) is 3.25. The van der Waals surface area contributed by atoms with Crippen molar-refractivity contribution in [3.8, 4) is 0 Å². The van der Waals surface area contributed by atoms with E-state index in [1.807, 2.05) is 0 Å². The maximum absolute atomic E-state index is 9.12. The van der Waals surface area contributed by atoms with Crippen LogP contribution in [-0.4, -0.2) is 34.3 Å². The lowest BCUT2D eigenvalue weighted by atomic mass is 9.96. The molecule has 2 atom stereocenters. The van der Waals surface area contributed by atoms with E-state index in [1.165, 1.54) is 6.92 Å². The van der Waals surface area contributed by atoms with Crippen LogP contribution in [0.15, 0.2) is 0 Å². The summed E-state index contributed by atoms with van der Waals surface area (Å²) >= 11 is 0. The van der Waals surface area contributed by atoms with Crippen LogP contribution in [0.4, 0.5) is 0 Å². The van der Waals surface area contributed by atoms with Gasteiger partial charge in [0, 0.05) is 12.5 Å². The molecule has 0 aromatic carbocycles. The van der Waals surface area contributed by atoms with Crippen LogP contribution in [0, 0.1) is 5.92 Å². The molecule has 0 saturated heterocycles. The molecule has 0 aromatic rings. The highest BCUT2D eigenvalue weighted by atomic mass is 16.3. The lowest BCUT2D eigenvalue weighted by Crippen LogP contribution is -2.46. The van der Waals surface area contributed by atoms with Crippen molar-refractivity contribution in [1.29, 1.82) is 0 Å². The second-order valence-electron chi connectivity index (χ2n) is 2.62. The summed E-state index contributed by atoms with van der Waals surface area (Å²) in [5.41, 5.74) is 3.87. The van der Waals surface area contributed by atoms with Gasteiger partial charge in [0.25, 0.3) is 0 Å². The Labute approximate surface area is 60.3 Å². The minimum Gasteiger partial charge on any atom is -0.396 e. The van der Waals surface area contributed by atoms with Crippen LogP contribution in [0.25, 0.3) is 0 Å². The number of hydrogen-bond donors (Lipinski definition) is 4. The van der Waals surface area contributed by atoms with Crippen LogP contribution < -0.4 is 5.73 Å². The van der Waals surface area contributed by atoms with Gasteiger partial charge in [-0.2, -0.15) is 0 Å². The van der Waals surface area contributed by atoms with E-state index in [9.17, 15) is 0 Å². The minimum atomic E-state index is -1.39. The molecule has 0 saturated carbocycles. The standard InChI is InChI=1S/C6H15NO3/c1-6(7,10)5(4-9)2-3-8/h5,8-10H,2-4,7H2,1H3. The Morgan fingerprint density at radius 3 is 2.10 bits per heavy atom. The van der Waals surface area contributed by atoms with Crippen molar-refractivity contribution in [3.63, 3.8) is 0 Å². The number of nitrogens with two attached hydrogens (primary N) is 1. The summed E-state index contributed by atoms with van der Waals surface area (Å²) in [4.78, 5) is 0. The average molecular weight is 149 g/mol. The summed E-state index contributed by atoms with van der Waals surface area (Å²) in [5.74, 6) is -0.447. The molecule has 4 nitrogen and oxygen atoms in total. The summed E-state index contributed by atoms with van der Waals surface area (Å²) in [6, 6.07) is 0. The average Bonchev–Trinajstić information content (AvgIpc) is 1.80. The number of hydrogen-bond acceptors (Lipinski definition) is 4. The highest BCUT2D eigenvalue weighted by molar-refractivity contribution is 4.74. The quantitative estimate of drug-likeness (QED) is 0.372. The fourth-order valence-electron chi connectivity index (χ4n) is 0.724. The Morgan fingerprint density at radius 1 is 1.50 bits per heavy atom. The zero-order valence-electron chi connectivity index (χ0n) is 6.12. The van der Waals surface area contributed by atoms with Gasteiger partial charge < -0.3 is 21.1 Å². The van der Waals surface area contributed by atoms with Gasteiger partial charge in [0.05, 0.1) is 6.61 Å². The van der Waals surface area contributed by atoms with E-state index < -0.39 is 11.6 Å². The molecule has 0 aliphatic carbocycles. The molecule has 0 rings (SSSR count). The van der Waals surface area contributed by atoms with Gasteiger partial charge in [-0.15, -0.1) is 0 Å². The van der Waals surface area contributed by atoms with Crippen LogP contribution in [0.3, 0.4) is 0 Å². The Bertz CT molecular complexity index is 89.5. The van der Waals surface area contributed by atoms with Gasteiger partial charge in [-0.25, -0.2) is 0 Å². The first-order valence-corrected chi connectivity index (χ1v) is 3.25. The first kappa shape index (κ1) is 9.84. The molecule has 0 amide bonds. The van der Waals surface area contributed by atoms with Crippen LogP contribution in [0.5, 0.6) is 0 Å².